The highest BCUT2D eigenvalue weighted by Gasteiger charge is 2.35. The number of aromatic nitrogens is 2. The molecule has 0 spiro atoms. The maximum absolute atomic E-state index is 12.5. The number of carbonyl (C=O) groups excluding carboxylic acids is 1. The van der Waals surface area contributed by atoms with Gasteiger partial charge in [0.25, 0.3) is 10.1 Å². The Kier molecular flexibility index (Phi) is 6.14. The van der Waals surface area contributed by atoms with E-state index < -0.39 is 10.1 Å². The average molecular weight is 515 g/mol. The Bertz CT molecular complexity index is 1510. The van der Waals surface area contributed by atoms with E-state index in [0.29, 0.717) is 17.4 Å². The van der Waals surface area contributed by atoms with Gasteiger partial charge in [0.15, 0.2) is 5.82 Å². The van der Waals surface area contributed by atoms with Crippen LogP contribution in [0.5, 0.6) is 0 Å². The van der Waals surface area contributed by atoms with Gasteiger partial charge < -0.3 is 9.73 Å². The largest absolute Gasteiger partial charge is 0.456 e. The van der Waals surface area contributed by atoms with Crippen molar-refractivity contribution in [2.75, 3.05) is 24.7 Å². The number of furan rings is 1. The predicted molar refractivity (Wildman–Crippen MR) is 132 cm³/mol. The van der Waals surface area contributed by atoms with Gasteiger partial charge in [-0.1, -0.05) is 41.9 Å². The number of hydrogen-bond acceptors (Lipinski definition) is 7. The van der Waals surface area contributed by atoms with Crippen molar-refractivity contribution < 1.29 is 21.9 Å². The summed E-state index contributed by atoms with van der Waals surface area (Å²) in [6.45, 7) is 2.69. The standard InChI is InChI=1S/C24H23ClN4O5S/c1-15-8-22(26-24(30)19-12-28(13-19)34-35(2,31)32)27-29(15)14-18-10-20(25)9-17-11-21(33-23(17)18)16-6-4-3-5-7-16/h3-11,19H,12-14H2,1-2H3,(H,26,27,30). The predicted octanol–water partition coefficient (Wildman–Crippen LogP) is 4.07. The summed E-state index contributed by atoms with van der Waals surface area (Å²) in [6, 6.07) is 17.3. The first kappa shape index (κ1) is 23.6. The van der Waals surface area contributed by atoms with Crippen LogP contribution in [0.15, 0.2) is 59.0 Å². The quantitative estimate of drug-likeness (QED) is 0.396. The second-order valence-electron chi connectivity index (χ2n) is 8.60. The van der Waals surface area contributed by atoms with Crippen molar-refractivity contribution in [1.82, 2.24) is 14.8 Å². The van der Waals surface area contributed by atoms with E-state index in [4.69, 9.17) is 20.3 Å². The summed E-state index contributed by atoms with van der Waals surface area (Å²) in [6.07, 6.45) is 0.967. The summed E-state index contributed by atoms with van der Waals surface area (Å²) in [5, 5.41) is 10.1. The van der Waals surface area contributed by atoms with E-state index in [9.17, 15) is 13.2 Å². The molecule has 4 aromatic rings. The smallest absolute Gasteiger partial charge is 0.280 e. The molecule has 1 aliphatic rings. The number of carbonyl (C=O) groups is 1. The van der Waals surface area contributed by atoms with E-state index in [1.807, 2.05) is 55.5 Å². The van der Waals surface area contributed by atoms with Crippen LogP contribution in [0, 0.1) is 12.8 Å². The van der Waals surface area contributed by atoms with Gasteiger partial charge in [-0.2, -0.15) is 22.9 Å². The van der Waals surface area contributed by atoms with Gasteiger partial charge in [0.1, 0.15) is 11.3 Å². The molecule has 0 radical (unpaired) electrons. The maximum Gasteiger partial charge on any atom is 0.280 e. The zero-order chi connectivity index (χ0) is 24.7. The Morgan fingerprint density at radius 1 is 1.20 bits per heavy atom. The Morgan fingerprint density at radius 3 is 2.66 bits per heavy atom. The summed E-state index contributed by atoms with van der Waals surface area (Å²) in [4.78, 5) is 12.5. The number of nitrogens with zero attached hydrogens (tertiary/aromatic N) is 3. The van der Waals surface area contributed by atoms with Crippen molar-refractivity contribution >= 4 is 44.4 Å². The molecule has 1 N–H and O–H groups in total. The molecule has 2 aromatic heterocycles. The van der Waals surface area contributed by atoms with Gasteiger partial charge >= 0.3 is 0 Å². The fourth-order valence-electron chi connectivity index (χ4n) is 4.02. The van der Waals surface area contributed by atoms with Crippen LogP contribution in [0.25, 0.3) is 22.3 Å². The van der Waals surface area contributed by atoms with Crippen LogP contribution in [0.2, 0.25) is 5.02 Å². The first-order chi connectivity index (χ1) is 16.6. The molecule has 0 aliphatic carbocycles. The lowest BCUT2D eigenvalue weighted by atomic mass is 10.0. The second-order valence-corrected chi connectivity index (χ2v) is 10.6. The van der Waals surface area contributed by atoms with E-state index in [1.165, 1.54) is 5.06 Å². The number of amides is 1. The number of rotatable bonds is 7. The number of hydroxylamine groups is 2. The molecule has 0 unspecified atom stereocenters. The third-order valence-electron chi connectivity index (χ3n) is 5.73. The summed E-state index contributed by atoms with van der Waals surface area (Å²) in [5.74, 6) is 0.544. The van der Waals surface area contributed by atoms with Crippen LogP contribution in [-0.4, -0.2) is 48.5 Å². The molecule has 0 bridgehead atoms. The van der Waals surface area contributed by atoms with Crippen molar-refractivity contribution in [2.45, 2.75) is 13.5 Å². The Labute approximate surface area is 207 Å². The maximum atomic E-state index is 12.5. The number of halogens is 1. The lowest BCUT2D eigenvalue weighted by Gasteiger charge is -2.35. The van der Waals surface area contributed by atoms with E-state index in [0.717, 1.165) is 39.8 Å². The molecule has 2 aromatic carbocycles. The molecule has 3 heterocycles. The van der Waals surface area contributed by atoms with Gasteiger partial charge in [0.05, 0.1) is 18.7 Å². The van der Waals surface area contributed by atoms with E-state index in [-0.39, 0.29) is 24.9 Å². The number of anilines is 1. The van der Waals surface area contributed by atoms with Gasteiger partial charge in [0.2, 0.25) is 5.91 Å². The molecule has 1 fully saturated rings. The Balaban J connectivity index is 1.32. The second kappa shape index (κ2) is 9.12. The number of benzene rings is 2. The zero-order valence-corrected chi connectivity index (χ0v) is 20.6. The third-order valence-corrected chi connectivity index (χ3v) is 6.43. The molecule has 1 saturated heterocycles. The van der Waals surface area contributed by atoms with Crippen LogP contribution < -0.4 is 5.32 Å². The molecule has 35 heavy (non-hydrogen) atoms. The fraction of sp³-hybridized carbons (Fsp3) is 0.250. The first-order valence-electron chi connectivity index (χ1n) is 10.9. The summed E-state index contributed by atoms with van der Waals surface area (Å²) >= 11 is 6.39. The number of aryl methyl sites for hydroxylation is 1. The van der Waals surface area contributed by atoms with E-state index in [2.05, 4.69) is 10.4 Å². The highest BCUT2D eigenvalue weighted by Crippen LogP contribution is 2.33. The minimum absolute atomic E-state index is 0.196. The number of fused-ring (bicyclic) bond motifs is 1. The van der Waals surface area contributed by atoms with Crippen LogP contribution >= 0.6 is 11.6 Å². The van der Waals surface area contributed by atoms with Crippen LogP contribution in [0.3, 0.4) is 0 Å². The van der Waals surface area contributed by atoms with Gasteiger partial charge in [-0.25, -0.2) is 0 Å². The summed E-state index contributed by atoms with van der Waals surface area (Å²) in [7, 11) is -3.60. The molecule has 182 valence electrons. The summed E-state index contributed by atoms with van der Waals surface area (Å²) < 4.78 is 35.1. The normalized spacial score (nSPS) is 14.8. The van der Waals surface area contributed by atoms with Crippen molar-refractivity contribution in [3.8, 4) is 11.3 Å². The Hall–Kier alpha value is -3.18. The van der Waals surface area contributed by atoms with Gasteiger partial charge in [0, 0.05) is 46.4 Å². The molecular weight excluding hydrogens is 492 g/mol. The van der Waals surface area contributed by atoms with Crippen molar-refractivity contribution in [2.24, 2.45) is 5.92 Å². The zero-order valence-electron chi connectivity index (χ0n) is 19.1. The summed E-state index contributed by atoms with van der Waals surface area (Å²) in [5.41, 5.74) is 3.42. The Morgan fingerprint density at radius 2 is 1.94 bits per heavy atom. The van der Waals surface area contributed by atoms with E-state index >= 15 is 0 Å². The molecule has 9 nitrogen and oxygen atoms in total. The molecule has 1 aliphatic heterocycles. The first-order valence-corrected chi connectivity index (χ1v) is 13.1. The highest BCUT2D eigenvalue weighted by atomic mass is 35.5. The van der Waals surface area contributed by atoms with Gasteiger partial charge in [-0.05, 0) is 25.1 Å². The minimum atomic E-state index is -3.60. The number of hydrogen-bond donors (Lipinski definition) is 1. The minimum Gasteiger partial charge on any atom is -0.456 e. The highest BCUT2D eigenvalue weighted by molar-refractivity contribution is 7.85. The average Bonchev–Trinajstić information content (AvgIpc) is 3.33. The molecule has 1 amide bonds. The SMILES string of the molecule is Cc1cc(NC(=O)C2CN(OS(C)(=O)=O)C2)nn1Cc1cc(Cl)cc2cc(-c3ccccc3)oc12. The van der Waals surface area contributed by atoms with Gasteiger partial charge in [-0.3, -0.25) is 9.48 Å². The third kappa shape index (κ3) is 5.25. The van der Waals surface area contributed by atoms with Crippen LogP contribution in [0.4, 0.5) is 5.82 Å². The molecule has 0 saturated carbocycles. The van der Waals surface area contributed by atoms with Crippen molar-refractivity contribution in [3.63, 3.8) is 0 Å². The van der Waals surface area contributed by atoms with Crippen molar-refractivity contribution in [3.05, 3.63) is 70.9 Å². The lowest BCUT2D eigenvalue weighted by Crippen LogP contribution is -2.52. The topological polar surface area (TPSA) is 107 Å². The number of nitrogens with one attached hydrogen (secondary N) is 1. The van der Waals surface area contributed by atoms with Crippen LogP contribution in [-0.2, 0) is 25.7 Å². The van der Waals surface area contributed by atoms with E-state index in [1.54, 1.807) is 10.7 Å². The van der Waals surface area contributed by atoms with Crippen molar-refractivity contribution in [1.29, 1.82) is 0 Å². The van der Waals surface area contributed by atoms with Gasteiger partial charge in [-0.15, -0.1) is 0 Å². The molecule has 0 atom stereocenters. The molecule has 11 heteroatoms. The molecular formula is C24H23ClN4O5S. The molecule has 5 rings (SSSR count). The monoisotopic (exact) mass is 514 g/mol. The van der Waals surface area contributed by atoms with Crippen LogP contribution in [0.1, 0.15) is 11.3 Å². The fourth-order valence-corrected chi connectivity index (χ4v) is 4.78. The lowest BCUT2D eigenvalue weighted by molar-refractivity contribution is -0.154.